The molecule has 2 N–H and O–H groups in total. The number of nitrogens with one attached hydrogen (secondary N) is 2. The first-order valence-electron chi connectivity index (χ1n) is 7.81. The molecule has 2 aromatic rings. The van der Waals surface area contributed by atoms with Gasteiger partial charge in [0.15, 0.2) is 0 Å². The molecule has 2 rings (SSSR count). The first kappa shape index (κ1) is 20.2. The molecular formula is C17H16F3N3O4. The van der Waals surface area contributed by atoms with Crippen molar-refractivity contribution in [2.24, 2.45) is 0 Å². The van der Waals surface area contributed by atoms with Gasteiger partial charge in [0, 0.05) is 19.0 Å². The summed E-state index contributed by atoms with van der Waals surface area (Å²) in [6, 6.07) is 11.3. The van der Waals surface area contributed by atoms with Crippen molar-refractivity contribution in [3.05, 3.63) is 69.8 Å². The molecule has 0 heterocycles. The summed E-state index contributed by atoms with van der Waals surface area (Å²) >= 11 is 0. The summed E-state index contributed by atoms with van der Waals surface area (Å²) < 4.78 is 38.0. The lowest BCUT2D eigenvalue weighted by molar-refractivity contribution is -0.384. The maximum atomic E-state index is 12.7. The maximum Gasteiger partial charge on any atom is 0.416 e. The van der Waals surface area contributed by atoms with Crippen LogP contribution in [0.3, 0.4) is 0 Å². The predicted octanol–water partition coefficient (Wildman–Crippen LogP) is 3.66. The van der Waals surface area contributed by atoms with Crippen molar-refractivity contribution in [1.29, 1.82) is 0 Å². The van der Waals surface area contributed by atoms with Gasteiger partial charge in [0.1, 0.15) is 5.69 Å². The molecule has 0 aromatic heterocycles. The average Bonchev–Trinajstić information content (AvgIpc) is 2.61. The van der Waals surface area contributed by atoms with E-state index in [1.165, 1.54) is 0 Å². The molecule has 144 valence electrons. The van der Waals surface area contributed by atoms with E-state index in [1.54, 1.807) is 0 Å². The standard InChI is InChI=1S/C17H16F3N3O4/c18-17(19,20)13-6-7-14(15(10-13)23(25)26)21-9-8-16(24)22-27-11-12-4-2-1-3-5-12/h1-7,10,21H,8-9,11H2,(H,22,24). The molecular weight excluding hydrogens is 367 g/mol. The number of hydroxylamine groups is 1. The third kappa shape index (κ3) is 6.26. The number of benzene rings is 2. The summed E-state index contributed by atoms with van der Waals surface area (Å²) in [5.41, 5.74) is 1.14. The van der Waals surface area contributed by atoms with Crippen molar-refractivity contribution in [2.45, 2.75) is 19.2 Å². The number of alkyl halides is 3. The number of nitrogens with zero attached hydrogens (tertiary/aromatic N) is 1. The van der Waals surface area contributed by atoms with Gasteiger partial charge in [0.25, 0.3) is 5.69 Å². The van der Waals surface area contributed by atoms with Crippen LogP contribution in [0.25, 0.3) is 0 Å². The molecule has 1 amide bonds. The van der Waals surface area contributed by atoms with Gasteiger partial charge in [0.05, 0.1) is 17.1 Å². The van der Waals surface area contributed by atoms with Crippen molar-refractivity contribution < 1.29 is 27.7 Å². The molecule has 0 saturated heterocycles. The van der Waals surface area contributed by atoms with Gasteiger partial charge in [-0.15, -0.1) is 0 Å². The number of nitro groups is 1. The second-order valence-corrected chi connectivity index (χ2v) is 5.46. The minimum atomic E-state index is -4.68. The highest BCUT2D eigenvalue weighted by atomic mass is 19.4. The number of anilines is 1. The van der Waals surface area contributed by atoms with E-state index >= 15 is 0 Å². The average molecular weight is 383 g/mol. The number of nitro benzene ring substituents is 1. The van der Waals surface area contributed by atoms with E-state index in [9.17, 15) is 28.1 Å². The Morgan fingerprint density at radius 2 is 1.85 bits per heavy atom. The Kier molecular flexibility index (Phi) is 6.72. The smallest absolute Gasteiger partial charge is 0.379 e. The Balaban J connectivity index is 1.83. The molecule has 2 aromatic carbocycles. The Morgan fingerprint density at radius 1 is 1.15 bits per heavy atom. The number of carbonyl (C=O) groups is 1. The summed E-state index contributed by atoms with van der Waals surface area (Å²) in [5, 5.41) is 13.6. The molecule has 10 heteroatoms. The highest BCUT2D eigenvalue weighted by Crippen LogP contribution is 2.34. The van der Waals surface area contributed by atoms with Crippen molar-refractivity contribution in [3.63, 3.8) is 0 Å². The largest absolute Gasteiger partial charge is 0.416 e. The fourth-order valence-electron chi connectivity index (χ4n) is 2.14. The summed E-state index contributed by atoms with van der Waals surface area (Å²) in [6.45, 7) is 0.150. The van der Waals surface area contributed by atoms with Crippen LogP contribution < -0.4 is 10.8 Å². The number of hydrogen-bond donors (Lipinski definition) is 2. The number of amides is 1. The zero-order chi connectivity index (χ0) is 19.9. The normalized spacial score (nSPS) is 11.1. The van der Waals surface area contributed by atoms with Crippen LogP contribution in [0.5, 0.6) is 0 Å². The number of halogens is 3. The van der Waals surface area contributed by atoms with Gasteiger partial charge in [-0.05, 0) is 17.7 Å². The highest BCUT2D eigenvalue weighted by molar-refractivity contribution is 5.75. The lowest BCUT2D eigenvalue weighted by Crippen LogP contribution is -2.25. The van der Waals surface area contributed by atoms with Crippen molar-refractivity contribution in [2.75, 3.05) is 11.9 Å². The van der Waals surface area contributed by atoms with Gasteiger partial charge >= 0.3 is 6.18 Å². The van der Waals surface area contributed by atoms with Gasteiger partial charge in [-0.1, -0.05) is 30.3 Å². The van der Waals surface area contributed by atoms with Crippen LogP contribution in [0.15, 0.2) is 48.5 Å². The van der Waals surface area contributed by atoms with Gasteiger partial charge in [0.2, 0.25) is 5.91 Å². The van der Waals surface area contributed by atoms with E-state index in [1.807, 2.05) is 30.3 Å². The molecule has 0 aliphatic carbocycles. The third-order valence-corrected chi connectivity index (χ3v) is 3.46. The zero-order valence-electron chi connectivity index (χ0n) is 14.0. The van der Waals surface area contributed by atoms with Gasteiger partial charge in [-0.2, -0.15) is 13.2 Å². The SMILES string of the molecule is O=C(CCNc1ccc(C(F)(F)F)cc1[N+](=O)[O-])NOCc1ccccc1. The topological polar surface area (TPSA) is 93.5 Å². The second-order valence-electron chi connectivity index (χ2n) is 5.46. The van der Waals surface area contributed by atoms with E-state index in [0.29, 0.717) is 6.07 Å². The Labute approximate surface area is 152 Å². The fraction of sp³-hybridized carbons (Fsp3) is 0.235. The van der Waals surface area contributed by atoms with E-state index in [4.69, 9.17) is 4.84 Å². The van der Waals surface area contributed by atoms with E-state index in [2.05, 4.69) is 10.8 Å². The van der Waals surface area contributed by atoms with Crippen LogP contribution in [0.4, 0.5) is 24.5 Å². The predicted molar refractivity (Wildman–Crippen MR) is 90.6 cm³/mol. The molecule has 7 nitrogen and oxygen atoms in total. The van der Waals surface area contributed by atoms with Crippen molar-refractivity contribution in [3.8, 4) is 0 Å². The number of hydrogen-bond acceptors (Lipinski definition) is 5. The van der Waals surface area contributed by atoms with Crippen molar-refractivity contribution in [1.82, 2.24) is 5.48 Å². The lowest BCUT2D eigenvalue weighted by atomic mass is 10.1. The molecule has 0 atom stereocenters. The van der Waals surface area contributed by atoms with Crippen LogP contribution in [-0.2, 0) is 22.4 Å². The molecule has 0 fully saturated rings. The minimum Gasteiger partial charge on any atom is -0.379 e. The molecule has 0 bridgehead atoms. The summed E-state index contributed by atoms with van der Waals surface area (Å²) in [4.78, 5) is 26.8. The van der Waals surface area contributed by atoms with Crippen LogP contribution in [-0.4, -0.2) is 17.4 Å². The molecule has 0 aliphatic heterocycles. The Morgan fingerprint density at radius 3 is 2.48 bits per heavy atom. The van der Waals surface area contributed by atoms with Gasteiger partial charge in [-0.3, -0.25) is 19.7 Å². The summed E-state index contributed by atoms with van der Waals surface area (Å²) in [7, 11) is 0. The highest BCUT2D eigenvalue weighted by Gasteiger charge is 2.33. The zero-order valence-corrected chi connectivity index (χ0v) is 14.0. The molecule has 0 aliphatic rings. The van der Waals surface area contributed by atoms with E-state index in [0.717, 1.165) is 17.7 Å². The minimum absolute atomic E-state index is 0.0211. The van der Waals surface area contributed by atoms with Gasteiger partial charge in [-0.25, -0.2) is 5.48 Å². The Hall–Kier alpha value is -3.14. The first-order chi connectivity index (χ1) is 12.8. The molecule has 0 spiro atoms. The number of rotatable bonds is 8. The molecule has 0 saturated carbocycles. The van der Waals surface area contributed by atoms with Crippen LogP contribution in [0.1, 0.15) is 17.5 Å². The summed E-state index contributed by atoms with van der Waals surface area (Å²) in [6.07, 6.45) is -4.77. The van der Waals surface area contributed by atoms with Crippen molar-refractivity contribution >= 4 is 17.3 Å². The third-order valence-electron chi connectivity index (χ3n) is 3.46. The maximum absolute atomic E-state index is 12.7. The fourth-order valence-corrected chi connectivity index (χ4v) is 2.14. The van der Waals surface area contributed by atoms with E-state index in [-0.39, 0.29) is 25.3 Å². The lowest BCUT2D eigenvalue weighted by Gasteiger charge is -2.11. The molecule has 0 unspecified atom stereocenters. The van der Waals surface area contributed by atoms with Crippen LogP contribution in [0.2, 0.25) is 0 Å². The van der Waals surface area contributed by atoms with Crippen LogP contribution >= 0.6 is 0 Å². The van der Waals surface area contributed by atoms with Gasteiger partial charge < -0.3 is 5.32 Å². The second kappa shape index (κ2) is 8.99. The molecule has 0 radical (unpaired) electrons. The Bertz CT molecular complexity index is 798. The quantitative estimate of drug-likeness (QED) is 0.536. The monoisotopic (exact) mass is 383 g/mol. The van der Waals surface area contributed by atoms with E-state index < -0.39 is 28.3 Å². The first-order valence-corrected chi connectivity index (χ1v) is 7.81. The number of carbonyl (C=O) groups excluding carboxylic acids is 1. The summed E-state index contributed by atoms with van der Waals surface area (Å²) in [5.74, 6) is -0.479. The molecule has 27 heavy (non-hydrogen) atoms. The van der Waals surface area contributed by atoms with Crippen LogP contribution in [0, 0.1) is 10.1 Å².